The molecule has 1 aliphatic heterocycles. The molecule has 1 aliphatic rings. The van der Waals surface area contributed by atoms with E-state index in [4.69, 9.17) is 14.7 Å². The fourth-order valence-corrected chi connectivity index (χ4v) is 2.16. The highest BCUT2D eigenvalue weighted by Gasteiger charge is 2.13. The summed E-state index contributed by atoms with van der Waals surface area (Å²) in [6.45, 7) is 0.820. The Morgan fingerprint density at radius 3 is 2.70 bits per heavy atom. The van der Waals surface area contributed by atoms with Gasteiger partial charge in [0, 0.05) is 12.2 Å². The second-order valence-electron chi connectivity index (χ2n) is 5.01. The predicted molar refractivity (Wildman–Crippen MR) is 84.1 cm³/mol. The molecule has 0 spiro atoms. The number of rotatable bonds is 5. The van der Waals surface area contributed by atoms with Crippen LogP contribution in [0.5, 0.6) is 11.5 Å². The lowest BCUT2D eigenvalue weighted by molar-refractivity contribution is -0.119. The average Bonchev–Trinajstić information content (AvgIpc) is 3.06. The fraction of sp³-hybridized carbons (Fsp3) is 0.176. The van der Waals surface area contributed by atoms with Crippen LogP contribution in [0.1, 0.15) is 11.1 Å². The molecule has 0 bridgehead atoms. The standard InChI is InChI=1S/C17H15N3O3/c18-8-12-1-4-14(5-2-12)19-10-17(21)20-9-13-3-6-15-16(7-13)23-11-22-15/h1-7,19H,9-11H2,(H,20,21). The first-order chi connectivity index (χ1) is 11.2. The molecule has 6 nitrogen and oxygen atoms in total. The van der Waals surface area contributed by atoms with E-state index in [-0.39, 0.29) is 19.2 Å². The highest BCUT2D eigenvalue weighted by molar-refractivity contribution is 5.80. The second-order valence-corrected chi connectivity index (χ2v) is 5.01. The first kappa shape index (κ1) is 14.7. The largest absolute Gasteiger partial charge is 0.454 e. The average molecular weight is 309 g/mol. The summed E-state index contributed by atoms with van der Waals surface area (Å²) < 4.78 is 10.5. The van der Waals surface area contributed by atoms with Crippen molar-refractivity contribution in [1.29, 1.82) is 5.26 Å². The molecule has 0 atom stereocenters. The van der Waals surface area contributed by atoms with Crippen molar-refractivity contribution in [2.45, 2.75) is 6.54 Å². The van der Waals surface area contributed by atoms with E-state index in [2.05, 4.69) is 10.6 Å². The number of nitrogens with zero attached hydrogens (tertiary/aromatic N) is 1. The molecule has 23 heavy (non-hydrogen) atoms. The van der Waals surface area contributed by atoms with E-state index in [0.717, 1.165) is 17.0 Å². The molecule has 0 fully saturated rings. The van der Waals surface area contributed by atoms with Crippen LogP contribution in [0.15, 0.2) is 42.5 Å². The lowest BCUT2D eigenvalue weighted by Gasteiger charge is -2.08. The van der Waals surface area contributed by atoms with Gasteiger partial charge in [-0.05, 0) is 42.0 Å². The summed E-state index contributed by atoms with van der Waals surface area (Å²) in [7, 11) is 0. The number of hydrogen-bond donors (Lipinski definition) is 2. The van der Waals surface area contributed by atoms with Crippen molar-refractivity contribution in [2.24, 2.45) is 0 Å². The van der Waals surface area contributed by atoms with Gasteiger partial charge in [0.25, 0.3) is 0 Å². The predicted octanol–water partition coefficient (Wildman–Crippen LogP) is 2.02. The van der Waals surface area contributed by atoms with Gasteiger partial charge in [-0.25, -0.2) is 0 Å². The zero-order valence-electron chi connectivity index (χ0n) is 12.3. The minimum Gasteiger partial charge on any atom is -0.454 e. The summed E-state index contributed by atoms with van der Waals surface area (Å²) in [6, 6.07) is 14.6. The molecule has 1 heterocycles. The third-order valence-electron chi connectivity index (χ3n) is 3.39. The van der Waals surface area contributed by atoms with Gasteiger partial charge in [0.05, 0.1) is 18.2 Å². The monoisotopic (exact) mass is 309 g/mol. The minimum absolute atomic E-state index is 0.118. The minimum atomic E-state index is -0.118. The van der Waals surface area contributed by atoms with Crippen LogP contribution < -0.4 is 20.1 Å². The van der Waals surface area contributed by atoms with Gasteiger partial charge in [-0.1, -0.05) is 6.07 Å². The first-order valence-electron chi connectivity index (χ1n) is 7.14. The molecule has 2 N–H and O–H groups in total. The normalized spacial score (nSPS) is 11.6. The van der Waals surface area contributed by atoms with Crippen molar-refractivity contribution in [2.75, 3.05) is 18.7 Å². The van der Waals surface area contributed by atoms with Crippen LogP contribution in [0.4, 0.5) is 5.69 Å². The third kappa shape index (κ3) is 3.71. The molecular formula is C17H15N3O3. The number of fused-ring (bicyclic) bond motifs is 1. The Morgan fingerprint density at radius 1 is 1.13 bits per heavy atom. The quantitative estimate of drug-likeness (QED) is 0.883. The molecule has 0 aromatic heterocycles. The number of nitriles is 1. The van der Waals surface area contributed by atoms with Crippen molar-refractivity contribution < 1.29 is 14.3 Å². The van der Waals surface area contributed by atoms with Crippen molar-refractivity contribution in [1.82, 2.24) is 5.32 Å². The highest BCUT2D eigenvalue weighted by atomic mass is 16.7. The number of hydrogen-bond acceptors (Lipinski definition) is 5. The van der Waals surface area contributed by atoms with E-state index in [0.29, 0.717) is 17.9 Å². The van der Waals surface area contributed by atoms with E-state index >= 15 is 0 Å². The Balaban J connectivity index is 1.47. The maximum absolute atomic E-state index is 11.9. The number of amides is 1. The van der Waals surface area contributed by atoms with Crippen molar-refractivity contribution in [3.8, 4) is 17.6 Å². The zero-order chi connectivity index (χ0) is 16.1. The molecule has 0 aliphatic carbocycles. The van der Waals surface area contributed by atoms with Crippen LogP contribution in [0, 0.1) is 11.3 Å². The van der Waals surface area contributed by atoms with Gasteiger partial charge in [0.1, 0.15) is 0 Å². The Hall–Kier alpha value is -3.20. The summed E-state index contributed by atoms with van der Waals surface area (Å²) >= 11 is 0. The van der Waals surface area contributed by atoms with Gasteiger partial charge in [-0.3, -0.25) is 4.79 Å². The summed E-state index contributed by atoms with van der Waals surface area (Å²) in [6.07, 6.45) is 0. The van der Waals surface area contributed by atoms with Crippen molar-refractivity contribution in [3.63, 3.8) is 0 Å². The van der Waals surface area contributed by atoms with Gasteiger partial charge >= 0.3 is 0 Å². The van der Waals surface area contributed by atoms with Gasteiger partial charge in [0.15, 0.2) is 11.5 Å². The molecule has 0 saturated carbocycles. The van der Waals surface area contributed by atoms with Crippen LogP contribution in [-0.2, 0) is 11.3 Å². The highest BCUT2D eigenvalue weighted by Crippen LogP contribution is 2.32. The lowest BCUT2D eigenvalue weighted by Crippen LogP contribution is -2.29. The Labute approximate surface area is 133 Å². The third-order valence-corrected chi connectivity index (χ3v) is 3.39. The molecule has 2 aromatic rings. The zero-order valence-corrected chi connectivity index (χ0v) is 12.3. The van der Waals surface area contributed by atoms with Crippen LogP contribution in [0.3, 0.4) is 0 Å². The molecule has 1 amide bonds. The number of anilines is 1. The van der Waals surface area contributed by atoms with E-state index < -0.39 is 0 Å². The van der Waals surface area contributed by atoms with Crippen LogP contribution in [0.25, 0.3) is 0 Å². The summed E-state index contributed by atoms with van der Waals surface area (Å²) in [5, 5.41) is 14.6. The van der Waals surface area contributed by atoms with Crippen LogP contribution in [-0.4, -0.2) is 19.2 Å². The molecule has 116 valence electrons. The second kappa shape index (κ2) is 6.71. The summed E-state index contributed by atoms with van der Waals surface area (Å²) in [5.41, 5.74) is 2.33. The molecule has 0 unspecified atom stereocenters. The fourth-order valence-electron chi connectivity index (χ4n) is 2.16. The van der Waals surface area contributed by atoms with Crippen LogP contribution in [0.2, 0.25) is 0 Å². The number of carbonyl (C=O) groups is 1. The van der Waals surface area contributed by atoms with E-state index in [1.165, 1.54) is 0 Å². The van der Waals surface area contributed by atoms with E-state index in [9.17, 15) is 4.79 Å². The summed E-state index contributed by atoms with van der Waals surface area (Å²) in [4.78, 5) is 11.9. The maximum atomic E-state index is 11.9. The van der Waals surface area contributed by atoms with Gasteiger partial charge in [-0.15, -0.1) is 0 Å². The maximum Gasteiger partial charge on any atom is 0.239 e. The summed E-state index contributed by atoms with van der Waals surface area (Å²) in [5.74, 6) is 1.31. The Bertz CT molecular complexity index is 751. The van der Waals surface area contributed by atoms with Crippen LogP contribution >= 0.6 is 0 Å². The molecule has 3 rings (SSSR count). The topological polar surface area (TPSA) is 83.4 Å². The molecule has 0 saturated heterocycles. The molecule has 0 radical (unpaired) electrons. The lowest BCUT2D eigenvalue weighted by atomic mass is 10.2. The first-order valence-corrected chi connectivity index (χ1v) is 7.14. The smallest absolute Gasteiger partial charge is 0.239 e. The Morgan fingerprint density at radius 2 is 1.91 bits per heavy atom. The Kier molecular flexibility index (Phi) is 4.29. The molecule has 2 aromatic carbocycles. The number of carbonyl (C=O) groups excluding carboxylic acids is 1. The molecular weight excluding hydrogens is 294 g/mol. The van der Waals surface area contributed by atoms with Gasteiger partial charge < -0.3 is 20.1 Å². The van der Waals surface area contributed by atoms with E-state index in [1.807, 2.05) is 24.3 Å². The number of ether oxygens (including phenoxy) is 2. The molecule has 6 heteroatoms. The SMILES string of the molecule is N#Cc1ccc(NCC(=O)NCc2ccc3c(c2)OCO3)cc1. The number of nitrogens with one attached hydrogen (secondary N) is 2. The van der Waals surface area contributed by atoms with Crippen molar-refractivity contribution in [3.05, 3.63) is 53.6 Å². The van der Waals surface area contributed by atoms with E-state index in [1.54, 1.807) is 24.3 Å². The van der Waals surface area contributed by atoms with Gasteiger partial charge in [-0.2, -0.15) is 5.26 Å². The van der Waals surface area contributed by atoms with Crippen molar-refractivity contribution >= 4 is 11.6 Å². The number of benzene rings is 2. The van der Waals surface area contributed by atoms with Gasteiger partial charge in [0.2, 0.25) is 12.7 Å².